The van der Waals surface area contributed by atoms with Crippen LogP contribution in [0.25, 0.3) is 0 Å². The third kappa shape index (κ3) is 5.47. The highest BCUT2D eigenvalue weighted by atomic mass is 16.5. The van der Waals surface area contributed by atoms with Gasteiger partial charge in [-0.2, -0.15) is 0 Å². The second-order valence-corrected chi connectivity index (χ2v) is 8.09. The van der Waals surface area contributed by atoms with Crippen LogP contribution < -0.4 is 4.74 Å². The summed E-state index contributed by atoms with van der Waals surface area (Å²) in [6.07, 6.45) is 4.21. The molecule has 1 aromatic rings. The molecule has 2 fully saturated rings. The summed E-state index contributed by atoms with van der Waals surface area (Å²) < 4.78 is 10.9. The van der Waals surface area contributed by atoms with Gasteiger partial charge in [-0.25, -0.2) is 0 Å². The van der Waals surface area contributed by atoms with Crippen molar-refractivity contribution in [3.8, 4) is 5.75 Å². The van der Waals surface area contributed by atoms with E-state index in [1.165, 1.54) is 0 Å². The number of methoxy groups -OCH3 is 1. The quantitative estimate of drug-likeness (QED) is 0.752. The molecular formula is C22H32N2O4. The summed E-state index contributed by atoms with van der Waals surface area (Å²) in [5.41, 5.74) is 0.718. The molecule has 2 aliphatic heterocycles. The Hall–Kier alpha value is -2.08. The highest BCUT2D eigenvalue weighted by Gasteiger charge is 2.24. The van der Waals surface area contributed by atoms with Gasteiger partial charge in [0.1, 0.15) is 12.4 Å². The van der Waals surface area contributed by atoms with Crippen molar-refractivity contribution in [1.29, 1.82) is 0 Å². The molecule has 3 rings (SSSR count). The molecule has 6 nitrogen and oxygen atoms in total. The SMILES string of the molecule is COCC(=O)N1CCC[C@@H](COc2ccc(C(=O)N3CCC(C)CC3)cc2)C1. The summed E-state index contributed by atoms with van der Waals surface area (Å²) in [6, 6.07) is 7.45. The van der Waals surface area contributed by atoms with Gasteiger partial charge in [0.05, 0.1) is 6.61 Å². The number of piperidine rings is 2. The first-order valence-electron chi connectivity index (χ1n) is 10.4. The van der Waals surface area contributed by atoms with Gasteiger partial charge in [-0.15, -0.1) is 0 Å². The van der Waals surface area contributed by atoms with Gasteiger partial charge in [0, 0.05) is 44.8 Å². The molecule has 6 heteroatoms. The fraction of sp³-hybridized carbons (Fsp3) is 0.636. The molecule has 0 saturated carbocycles. The zero-order valence-electron chi connectivity index (χ0n) is 17.1. The lowest BCUT2D eigenvalue weighted by Gasteiger charge is -2.32. The van der Waals surface area contributed by atoms with E-state index in [1.54, 1.807) is 7.11 Å². The van der Waals surface area contributed by atoms with Gasteiger partial charge < -0.3 is 19.3 Å². The maximum absolute atomic E-state index is 12.6. The number of benzene rings is 1. The van der Waals surface area contributed by atoms with Crippen LogP contribution in [0, 0.1) is 11.8 Å². The van der Waals surface area contributed by atoms with Crippen LogP contribution in [-0.4, -0.2) is 68.1 Å². The lowest BCUT2D eigenvalue weighted by atomic mass is 9.98. The van der Waals surface area contributed by atoms with Crippen LogP contribution in [0.2, 0.25) is 0 Å². The van der Waals surface area contributed by atoms with Crippen molar-refractivity contribution in [3.05, 3.63) is 29.8 Å². The first-order chi connectivity index (χ1) is 13.6. The van der Waals surface area contributed by atoms with Gasteiger partial charge in [-0.05, 0) is 55.9 Å². The Morgan fingerprint density at radius 1 is 1.04 bits per heavy atom. The molecule has 28 heavy (non-hydrogen) atoms. The molecule has 0 aliphatic carbocycles. The average molecular weight is 389 g/mol. The summed E-state index contributed by atoms with van der Waals surface area (Å²) in [5, 5.41) is 0. The first-order valence-corrected chi connectivity index (χ1v) is 10.4. The fourth-order valence-electron chi connectivity index (χ4n) is 3.94. The summed E-state index contributed by atoms with van der Waals surface area (Å²) in [6.45, 7) is 6.16. The molecule has 1 aromatic carbocycles. The number of rotatable bonds is 6. The van der Waals surface area contributed by atoms with Crippen molar-refractivity contribution < 1.29 is 19.1 Å². The van der Waals surface area contributed by atoms with Gasteiger partial charge in [-0.1, -0.05) is 6.92 Å². The van der Waals surface area contributed by atoms with E-state index in [9.17, 15) is 9.59 Å². The Labute approximate surface area is 167 Å². The normalized spacial score (nSPS) is 20.9. The predicted octanol–water partition coefficient (Wildman–Crippen LogP) is 2.82. The highest BCUT2D eigenvalue weighted by molar-refractivity contribution is 5.94. The van der Waals surface area contributed by atoms with Crippen LogP contribution in [-0.2, 0) is 9.53 Å². The van der Waals surface area contributed by atoms with E-state index in [1.807, 2.05) is 34.1 Å². The van der Waals surface area contributed by atoms with Crippen LogP contribution in [0.5, 0.6) is 5.75 Å². The summed E-state index contributed by atoms with van der Waals surface area (Å²) in [5.74, 6) is 1.95. The van der Waals surface area contributed by atoms with Crippen LogP contribution in [0.3, 0.4) is 0 Å². The van der Waals surface area contributed by atoms with Gasteiger partial charge >= 0.3 is 0 Å². The van der Waals surface area contributed by atoms with Gasteiger partial charge in [0.25, 0.3) is 5.91 Å². The van der Waals surface area contributed by atoms with Gasteiger partial charge in [-0.3, -0.25) is 9.59 Å². The molecule has 2 saturated heterocycles. The number of likely N-dealkylation sites (tertiary alicyclic amines) is 2. The van der Waals surface area contributed by atoms with Crippen molar-refractivity contribution in [2.24, 2.45) is 11.8 Å². The van der Waals surface area contributed by atoms with Crippen molar-refractivity contribution in [2.75, 3.05) is 46.5 Å². The highest BCUT2D eigenvalue weighted by Crippen LogP contribution is 2.21. The number of amides is 2. The summed E-state index contributed by atoms with van der Waals surface area (Å²) in [7, 11) is 1.54. The molecule has 1 atom stereocenters. The molecule has 0 N–H and O–H groups in total. The maximum Gasteiger partial charge on any atom is 0.253 e. The smallest absolute Gasteiger partial charge is 0.253 e. The summed E-state index contributed by atoms with van der Waals surface area (Å²) >= 11 is 0. The van der Waals surface area contributed by atoms with E-state index in [0.717, 1.165) is 56.6 Å². The van der Waals surface area contributed by atoms with Crippen LogP contribution in [0.4, 0.5) is 0 Å². The molecule has 0 bridgehead atoms. The first kappa shape index (κ1) is 20.6. The molecule has 0 aromatic heterocycles. The molecule has 154 valence electrons. The molecule has 2 heterocycles. The van der Waals surface area contributed by atoms with Crippen molar-refractivity contribution in [1.82, 2.24) is 9.80 Å². The molecule has 2 aliphatic rings. The average Bonchev–Trinajstić information content (AvgIpc) is 2.73. The number of nitrogens with zero attached hydrogens (tertiary/aromatic N) is 2. The van der Waals surface area contributed by atoms with E-state index in [4.69, 9.17) is 9.47 Å². The van der Waals surface area contributed by atoms with E-state index in [-0.39, 0.29) is 18.4 Å². The second-order valence-electron chi connectivity index (χ2n) is 8.09. The Bertz CT molecular complexity index is 653. The Balaban J connectivity index is 1.48. The zero-order valence-corrected chi connectivity index (χ0v) is 17.1. The lowest BCUT2D eigenvalue weighted by Crippen LogP contribution is -2.43. The maximum atomic E-state index is 12.6. The Morgan fingerprint density at radius 3 is 2.43 bits per heavy atom. The van der Waals surface area contributed by atoms with Crippen LogP contribution in [0.1, 0.15) is 43.0 Å². The number of hydrogen-bond acceptors (Lipinski definition) is 4. The Morgan fingerprint density at radius 2 is 1.75 bits per heavy atom. The minimum atomic E-state index is 0.0437. The topological polar surface area (TPSA) is 59.1 Å². The van der Waals surface area contributed by atoms with Crippen molar-refractivity contribution in [3.63, 3.8) is 0 Å². The van der Waals surface area contributed by atoms with E-state index in [0.29, 0.717) is 25.0 Å². The minimum absolute atomic E-state index is 0.0437. The van der Waals surface area contributed by atoms with Crippen molar-refractivity contribution >= 4 is 11.8 Å². The zero-order chi connectivity index (χ0) is 19.9. The van der Waals surface area contributed by atoms with E-state index in [2.05, 4.69) is 6.92 Å². The number of ether oxygens (including phenoxy) is 2. The van der Waals surface area contributed by atoms with Crippen LogP contribution >= 0.6 is 0 Å². The number of carbonyl (C=O) groups excluding carboxylic acids is 2. The molecular weight excluding hydrogens is 356 g/mol. The van der Waals surface area contributed by atoms with Gasteiger partial charge in [0.2, 0.25) is 5.91 Å². The molecule has 0 unspecified atom stereocenters. The minimum Gasteiger partial charge on any atom is -0.493 e. The van der Waals surface area contributed by atoms with E-state index >= 15 is 0 Å². The number of carbonyl (C=O) groups is 2. The number of hydrogen-bond donors (Lipinski definition) is 0. The lowest BCUT2D eigenvalue weighted by molar-refractivity contribution is -0.137. The second kappa shape index (κ2) is 9.92. The molecule has 2 amide bonds. The van der Waals surface area contributed by atoms with E-state index < -0.39 is 0 Å². The standard InChI is InChI=1S/C22H32N2O4/c1-17-9-12-23(13-10-17)22(26)19-5-7-20(8-6-19)28-15-18-4-3-11-24(14-18)21(25)16-27-2/h5-8,17-18H,3-4,9-16H2,1-2H3/t18-/m1/s1. The molecule has 0 radical (unpaired) electrons. The third-order valence-corrected chi connectivity index (χ3v) is 5.80. The predicted molar refractivity (Wildman–Crippen MR) is 107 cm³/mol. The third-order valence-electron chi connectivity index (χ3n) is 5.80. The largest absolute Gasteiger partial charge is 0.493 e. The summed E-state index contributed by atoms with van der Waals surface area (Å²) in [4.78, 5) is 28.4. The van der Waals surface area contributed by atoms with Crippen molar-refractivity contribution in [2.45, 2.75) is 32.6 Å². The van der Waals surface area contributed by atoms with Gasteiger partial charge in [0.15, 0.2) is 0 Å². The monoisotopic (exact) mass is 388 g/mol. The van der Waals surface area contributed by atoms with Crippen LogP contribution in [0.15, 0.2) is 24.3 Å². The fourth-order valence-corrected chi connectivity index (χ4v) is 3.94. The Kier molecular flexibility index (Phi) is 7.31. The molecule has 0 spiro atoms.